The molecular weight excluding hydrogens is 322 g/mol. The van der Waals surface area contributed by atoms with Crippen molar-refractivity contribution in [2.24, 2.45) is 5.92 Å². The smallest absolute Gasteiger partial charge is 0.0358 e. The van der Waals surface area contributed by atoms with Gasteiger partial charge in [0.25, 0.3) is 0 Å². The van der Waals surface area contributed by atoms with Crippen LogP contribution in [0, 0.1) is 5.92 Å². The Hall–Kier alpha value is -1.12. The summed E-state index contributed by atoms with van der Waals surface area (Å²) in [6.45, 7) is 4.54. The lowest BCUT2D eigenvalue weighted by Crippen LogP contribution is -2.19. The molecule has 112 valence electrons. The lowest BCUT2D eigenvalue weighted by molar-refractivity contribution is 0.589. The zero-order valence-corrected chi connectivity index (χ0v) is 14.7. The second-order valence-electron chi connectivity index (χ2n) is 6.02. The lowest BCUT2D eigenvalue weighted by Gasteiger charge is -2.18. The van der Waals surface area contributed by atoms with E-state index in [0.29, 0.717) is 12.0 Å². The van der Waals surface area contributed by atoms with E-state index in [1.54, 1.807) is 0 Å². The molecule has 0 fully saturated rings. The predicted molar refractivity (Wildman–Crippen MR) is 94.6 cm³/mol. The van der Waals surface area contributed by atoms with Gasteiger partial charge in [-0.15, -0.1) is 0 Å². The average molecular weight is 346 g/mol. The number of halogens is 1. The molecule has 0 aromatic heterocycles. The fourth-order valence-corrected chi connectivity index (χ4v) is 3.14. The summed E-state index contributed by atoms with van der Waals surface area (Å²) in [6.07, 6.45) is 2.14. The highest BCUT2D eigenvalue weighted by molar-refractivity contribution is 9.10. The zero-order valence-electron chi connectivity index (χ0n) is 13.1. The van der Waals surface area contributed by atoms with Gasteiger partial charge < -0.3 is 5.32 Å². The van der Waals surface area contributed by atoms with Crippen LogP contribution in [0.25, 0.3) is 0 Å². The maximum atomic E-state index is 3.55. The highest BCUT2D eigenvalue weighted by atomic mass is 79.9. The Morgan fingerprint density at radius 3 is 2.24 bits per heavy atom. The molecule has 1 nitrogen and oxygen atoms in total. The fraction of sp³-hybridized carbons (Fsp3) is 0.368. The van der Waals surface area contributed by atoms with Crippen molar-refractivity contribution in [1.82, 2.24) is 5.32 Å². The summed E-state index contributed by atoms with van der Waals surface area (Å²) in [5.41, 5.74) is 4.14. The SMILES string of the molecule is CNC(Cc1cccc(Br)c1)c1cccc(CC(C)C)c1. The highest BCUT2D eigenvalue weighted by Gasteiger charge is 2.11. The molecule has 0 saturated carbocycles. The van der Waals surface area contributed by atoms with E-state index in [-0.39, 0.29) is 0 Å². The van der Waals surface area contributed by atoms with Gasteiger partial charge in [0, 0.05) is 10.5 Å². The molecule has 0 heterocycles. The van der Waals surface area contributed by atoms with Crippen molar-refractivity contribution in [3.8, 4) is 0 Å². The summed E-state index contributed by atoms with van der Waals surface area (Å²) in [7, 11) is 2.04. The van der Waals surface area contributed by atoms with Crippen LogP contribution in [0.15, 0.2) is 53.0 Å². The molecule has 0 amide bonds. The van der Waals surface area contributed by atoms with Crippen LogP contribution in [0.2, 0.25) is 0 Å². The second-order valence-corrected chi connectivity index (χ2v) is 6.93. The molecule has 0 radical (unpaired) electrons. The molecule has 2 rings (SSSR count). The van der Waals surface area contributed by atoms with Gasteiger partial charge in [0.2, 0.25) is 0 Å². The number of hydrogen-bond donors (Lipinski definition) is 1. The van der Waals surface area contributed by atoms with E-state index in [1.165, 1.54) is 16.7 Å². The Balaban J connectivity index is 2.17. The Morgan fingerprint density at radius 1 is 0.952 bits per heavy atom. The van der Waals surface area contributed by atoms with Crippen LogP contribution >= 0.6 is 15.9 Å². The molecule has 0 bridgehead atoms. The first kappa shape index (κ1) is 16.3. The summed E-state index contributed by atoms with van der Waals surface area (Å²) < 4.78 is 1.14. The van der Waals surface area contributed by atoms with E-state index in [2.05, 4.69) is 83.6 Å². The normalized spacial score (nSPS) is 12.6. The largest absolute Gasteiger partial charge is 0.313 e. The van der Waals surface area contributed by atoms with E-state index in [1.807, 2.05) is 7.05 Å². The highest BCUT2D eigenvalue weighted by Crippen LogP contribution is 2.22. The molecule has 21 heavy (non-hydrogen) atoms. The Kier molecular flexibility index (Phi) is 6.01. The number of hydrogen-bond acceptors (Lipinski definition) is 1. The Bertz CT molecular complexity index is 577. The molecular formula is C19H24BrN. The lowest BCUT2D eigenvalue weighted by atomic mass is 9.95. The molecule has 1 N–H and O–H groups in total. The topological polar surface area (TPSA) is 12.0 Å². The van der Waals surface area contributed by atoms with Gasteiger partial charge in [-0.05, 0) is 54.6 Å². The number of rotatable bonds is 6. The number of likely N-dealkylation sites (N-methyl/N-ethyl adjacent to an activating group) is 1. The zero-order chi connectivity index (χ0) is 15.2. The van der Waals surface area contributed by atoms with Gasteiger partial charge in [-0.3, -0.25) is 0 Å². The number of nitrogens with one attached hydrogen (secondary N) is 1. The molecule has 0 aliphatic carbocycles. The van der Waals surface area contributed by atoms with Crippen LogP contribution < -0.4 is 5.32 Å². The van der Waals surface area contributed by atoms with E-state index in [0.717, 1.165) is 17.3 Å². The van der Waals surface area contributed by atoms with Crippen LogP contribution in [0.5, 0.6) is 0 Å². The fourth-order valence-electron chi connectivity index (χ4n) is 2.69. The van der Waals surface area contributed by atoms with Crippen LogP contribution in [-0.4, -0.2) is 7.05 Å². The minimum Gasteiger partial charge on any atom is -0.313 e. The van der Waals surface area contributed by atoms with Gasteiger partial charge in [-0.25, -0.2) is 0 Å². The molecule has 0 spiro atoms. The van der Waals surface area contributed by atoms with E-state index in [9.17, 15) is 0 Å². The minimum absolute atomic E-state index is 0.353. The molecule has 0 saturated heterocycles. The minimum atomic E-state index is 0.353. The predicted octanol–water partition coefficient (Wildman–Crippen LogP) is 5.15. The average Bonchev–Trinajstić information content (AvgIpc) is 2.44. The summed E-state index contributed by atoms with van der Waals surface area (Å²) >= 11 is 3.55. The van der Waals surface area contributed by atoms with Gasteiger partial charge >= 0.3 is 0 Å². The summed E-state index contributed by atoms with van der Waals surface area (Å²) in [4.78, 5) is 0. The molecule has 0 aliphatic rings. The maximum absolute atomic E-state index is 3.55. The van der Waals surface area contributed by atoms with Crippen molar-refractivity contribution in [1.29, 1.82) is 0 Å². The van der Waals surface area contributed by atoms with Gasteiger partial charge in [0.1, 0.15) is 0 Å². The van der Waals surface area contributed by atoms with Gasteiger partial charge in [-0.2, -0.15) is 0 Å². The van der Waals surface area contributed by atoms with Crippen LogP contribution in [0.3, 0.4) is 0 Å². The van der Waals surface area contributed by atoms with Crippen molar-refractivity contribution >= 4 is 15.9 Å². The van der Waals surface area contributed by atoms with Crippen molar-refractivity contribution in [2.75, 3.05) is 7.05 Å². The molecule has 2 heteroatoms. The van der Waals surface area contributed by atoms with Crippen molar-refractivity contribution < 1.29 is 0 Å². The quantitative estimate of drug-likeness (QED) is 0.763. The summed E-state index contributed by atoms with van der Waals surface area (Å²) in [5, 5.41) is 3.45. The standard InChI is InChI=1S/C19H24BrN/c1-14(2)10-15-6-4-8-17(11-15)19(21-3)13-16-7-5-9-18(20)12-16/h4-9,11-12,14,19,21H,10,13H2,1-3H3. The van der Waals surface area contributed by atoms with Crippen LogP contribution in [0.4, 0.5) is 0 Å². The first-order valence-electron chi connectivity index (χ1n) is 7.59. The van der Waals surface area contributed by atoms with E-state index >= 15 is 0 Å². The van der Waals surface area contributed by atoms with Gasteiger partial charge in [-0.1, -0.05) is 66.2 Å². The molecule has 2 aromatic carbocycles. The van der Waals surface area contributed by atoms with Crippen LogP contribution in [0.1, 0.15) is 36.6 Å². The second kappa shape index (κ2) is 7.77. The Morgan fingerprint density at radius 2 is 1.62 bits per heavy atom. The Labute approximate surface area is 136 Å². The maximum Gasteiger partial charge on any atom is 0.0358 e. The molecule has 2 aromatic rings. The first-order chi connectivity index (χ1) is 10.1. The molecule has 1 unspecified atom stereocenters. The van der Waals surface area contributed by atoms with E-state index < -0.39 is 0 Å². The first-order valence-corrected chi connectivity index (χ1v) is 8.38. The third kappa shape index (κ3) is 4.98. The number of benzene rings is 2. The molecule has 0 aliphatic heterocycles. The van der Waals surface area contributed by atoms with Gasteiger partial charge in [0.15, 0.2) is 0 Å². The third-order valence-electron chi connectivity index (χ3n) is 3.67. The summed E-state index contributed by atoms with van der Waals surface area (Å²) in [5.74, 6) is 0.693. The van der Waals surface area contributed by atoms with Gasteiger partial charge in [0.05, 0.1) is 0 Å². The third-order valence-corrected chi connectivity index (χ3v) is 4.17. The van der Waals surface area contributed by atoms with Crippen molar-refractivity contribution in [3.63, 3.8) is 0 Å². The van der Waals surface area contributed by atoms with Crippen molar-refractivity contribution in [2.45, 2.75) is 32.7 Å². The van der Waals surface area contributed by atoms with E-state index in [4.69, 9.17) is 0 Å². The summed E-state index contributed by atoms with van der Waals surface area (Å²) in [6, 6.07) is 17.9. The van der Waals surface area contributed by atoms with Crippen molar-refractivity contribution in [3.05, 3.63) is 69.7 Å². The van der Waals surface area contributed by atoms with Crippen LogP contribution in [-0.2, 0) is 12.8 Å². The monoisotopic (exact) mass is 345 g/mol. The molecule has 1 atom stereocenters.